The van der Waals surface area contributed by atoms with Crippen LogP contribution in [-0.4, -0.2) is 19.0 Å². The average molecular weight is 175 g/mol. The Morgan fingerprint density at radius 3 is 2.73 bits per heavy atom. The zero-order valence-corrected chi connectivity index (χ0v) is 7.06. The summed E-state index contributed by atoms with van der Waals surface area (Å²) in [5.74, 6) is -0.542. The molecule has 1 aliphatic heterocycles. The largest absolute Gasteiger partial charge is 0.343 e. The maximum Gasteiger partial charge on any atom is 0.205 e. The van der Waals surface area contributed by atoms with Crippen LogP contribution in [0.25, 0.3) is 0 Å². The summed E-state index contributed by atoms with van der Waals surface area (Å²) >= 11 is 5.99. The third-order valence-corrected chi connectivity index (χ3v) is 2.59. The summed E-state index contributed by atoms with van der Waals surface area (Å²) < 4.78 is 10.9. The number of allylic oxidation sites excluding steroid dienone is 1. The Kier molecular flexibility index (Phi) is 1.91. The summed E-state index contributed by atoms with van der Waals surface area (Å²) in [6, 6.07) is 0. The van der Waals surface area contributed by atoms with Crippen molar-refractivity contribution in [1.82, 2.24) is 0 Å². The molecule has 1 aliphatic carbocycles. The highest BCUT2D eigenvalue weighted by atomic mass is 35.5. The highest BCUT2D eigenvalue weighted by Gasteiger charge is 2.40. The molecule has 2 aliphatic rings. The molecule has 0 unspecified atom stereocenters. The topological polar surface area (TPSA) is 18.5 Å². The van der Waals surface area contributed by atoms with E-state index in [9.17, 15) is 0 Å². The molecule has 11 heavy (non-hydrogen) atoms. The van der Waals surface area contributed by atoms with Gasteiger partial charge in [0.2, 0.25) is 5.79 Å². The van der Waals surface area contributed by atoms with Crippen molar-refractivity contribution < 1.29 is 9.47 Å². The third kappa shape index (κ3) is 1.19. The Morgan fingerprint density at radius 2 is 2.09 bits per heavy atom. The zero-order valence-electron chi connectivity index (χ0n) is 6.31. The average Bonchev–Trinajstić information content (AvgIpc) is 2.46. The highest BCUT2D eigenvalue weighted by molar-refractivity contribution is 6.30. The van der Waals surface area contributed by atoms with Crippen LogP contribution in [0.4, 0.5) is 0 Å². The summed E-state index contributed by atoms with van der Waals surface area (Å²) in [5, 5.41) is 0.737. The van der Waals surface area contributed by atoms with E-state index < -0.39 is 5.79 Å². The highest BCUT2D eigenvalue weighted by Crippen LogP contribution is 2.38. The first-order chi connectivity index (χ1) is 5.33. The number of hydrogen-bond donors (Lipinski definition) is 0. The number of ether oxygens (including phenoxy) is 2. The molecule has 0 bridgehead atoms. The first kappa shape index (κ1) is 7.59. The van der Waals surface area contributed by atoms with E-state index in [4.69, 9.17) is 21.1 Å². The van der Waals surface area contributed by atoms with Crippen molar-refractivity contribution in [2.45, 2.75) is 25.0 Å². The second-order valence-electron chi connectivity index (χ2n) is 2.89. The predicted molar refractivity (Wildman–Crippen MR) is 42.4 cm³/mol. The molecule has 0 aromatic carbocycles. The van der Waals surface area contributed by atoms with Gasteiger partial charge in [-0.05, 0) is 12.8 Å². The van der Waals surface area contributed by atoms with Gasteiger partial charge >= 0.3 is 0 Å². The maximum atomic E-state index is 5.99. The van der Waals surface area contributed by atoms with Crippen LogP contribution in [0.1, 0.15) is 19.3 Å². The molecule has 0 aromatic rings. The van der Waals surface area contributed by atoms with Crippen LogP contribution in [0, 0.1) is 0 Å². The third-order valence-electron chi connectivity index (χ3n) is 2.15. The molecular formula is C8H11ClO2. The van der Waals surface area contributed by atoms with E-state index in [0.29, 0.717) is 13.2 Å². The second-order valence-corrected chi connectivity index (χ2v) is 3.30. The predicted octanol–water partition coefficient (Wildman–Crippen LogP) is 2.04. The minimum Gasteiger partial charge on any atom is -0.343 e. The van der Waals surface area contributed by atoms with Gasteiger partial charge in [0.15, 0.2) is 0 Å². The molecule has 1 fully saturated rings. The second kappa shape index (κ2) is 2.77. The lowest BCUT2D eigenvalue weighted by Gasteiger charge is -2.29. The molecular weight excluding hydrogens is 164 g/mol. The van der Waals surface area contributed by atoms with E-state index in [1.54, 1.807) is 0 Å². The summed E-state index contributed by atoms with van der Waals surface area (Å²) in [7, 11) is 0. The Morgan fingerprint density at radius 1 is 1.36 bits per heavy atom. The van der Waals surface area contributed by atoms with Gasteiger partial charge in [-0.2, -0.15) is 0 Å². The molecule has 0 radical (unpaired) electrons. The fraction of sp³-hybridized carbons (Fsp3) is 0.750. The Balaban J connectivity index is 2.21. The molecule has 0 atom stereocenters. The number of halogens is 1. The summed E-state index contributed by atoms with van der Waals surface area (Å²) in [4.78, 5) is 0. The smallest absolute Gasteiger partial charge is 0.205 e. The minimum absolute atomic E-state index is 0.542. The lowest BCUT2D eigenvalue weighted by molar-refractivity contribution is -0.128. The molecule has 1 spiro atoms. The van der Waals surface area contributed by atoms with Gasteiger partial charge in [-0.25, -0.2) is 0 Å². The first-order valence-corrected chi connectivity index (χ1v) is 4.35. The van der Waals surface area contributed by atoms with E-state index in [1.807, 2.05) is 6.08 Å². The normalized spacial score (nSPS) is 29.0. The van der Waals surface area contributed by atoms with Crippen molar-refractivity contribution in [1.29, 1.82) is 0 Å². The Bertz CT molecular complexity index is 183. The molecule has 2 nitrogen and oxygen atoms in total. The summed E-state index contributed by atoms with van der Waals surface area (Å²) in [5.41, 5.74) is 0. The number of hydrogen-bond acceptors (Lipinski definition) is 2. The van der Waals surface area contributed by atoms with Crippen LogP contribution in [-0.2, 0) is 9.47 Å². The quantitative estimate of drug-likeness (QED) is 0.560. The van der Waals surface area contributed by atoms with Gasteiger partial charge in [0.1, 0.15) is 0 Å². The molecule has 1 heterocycles. The number of rotatable bonds is 0. The van der Waals surface area contributed by atoms with Gasteiger partial charge in [0.05, 0.1) is 18.2 Å². The molecule has 0 saturated carbocycles. The van der Waals surface area contributed by atoms with Crippen molar-refractivity contribution in [3.8, 4) is 0 Å². The van der Waals surface area contributed by atoms with Crippen LogP contribution in [0.3, 0.4) is 0 Å². The van der Waals surface area contributed by atoms with E-state index in [2.05, 4.69) is 0 Å². The van der Waals surface area contributed by atoms with Crippen LogP contribution in [0.5, 0.6) is 0 Å². The van der Waals surface area contributed by atoms with Crippen LogP contribution >= 0.6 is 11.6 Å². The Labute approximate surface area is 71.1 Å². The molecule has 0 aromatic heterocycles. The molecule has 0 amide bonds. The van der Waals surface area contributed by atoms with Gasteiger partial charge < -0.3 is 9.47 Å². The minimum atomic E-state index is -0.542. The van der Waals surface area contributed by atoms with Crippen molar-refractivity contribution in [3.05, 3.63) is 11.1 Å². The fourth-order valence-corrected chi connectivity index (χ4v) is 1.89. The lowest BCUT2D eigenvalue weighted by atomic mass is 10.0. The van der Waals surface area contributed by atoms with E-state index in [0.717, 1.165) is 24.3 Å². The van der Waals surface area contributed by atoms with Crippen molar-refractivity contribution in [2.75, 3.05) is 13.2 Å². The van der Waals surface area contributed by atoms with Crippen molar-refractivity contribution in [2.24, 2.45) is 0 Å². The summed E-state index contributed by atoms with van der Waals surface area (Å²) in [6.45, 7) is 1.34. The van der Waals surface area contributed by atoms with Crippen LogP contribution < -0.4 is 0 Å². The molecule has 0 N–H and O–H groups in total. The zero-order chi connectivity index (χ0) is 7.73. The van der Waals surface area contributed by atoms with Gasteiger partial charge in [-0.1, -0.05) is 17.7 Å². The standard InChI is InChI=1S/C8H11ClO2/c9-7-3-1-2-4-8(7)10-5-6-11-8/h3H,1-2,4-6H2. The molecule has 62 valence electrons. The van der Waals surface area contributed by atoms with Gasteiger partial charge in [0.25, 0.3) is 0 Å². The monoisotopic (exact) mass is 174 g/mol. The summed E-state index contributed by atoms with van der Waals surface area (Å²) in [6.07, 6.45) is 5.06. The van der Waals surface area contributed by atoms with Crippen LogP contribution in [0.15, 0.2) is 11.1 Å². The van der Waals surface area contributed by atoms with Crippen molar-refractivity contribution in [3.63, 3.8) is 0 Å². The van der Waals surface area contributed by atoms with E-state index >= 15 is 0 Å². The van der Waals surface area contributed by atoms with Gasteiger partial charge in [-0.3, -0.25) is 0 Å². The first-order valence-electron chi connectivity index (χ1n) is 3.98. The Hall–Kier alpha value is -0.0500. The van der Waals surface area contributed by atoms with Gasteiger partial charge in [0, 0.05) is 6.42 Å². The molecule has 1 saturated heterocycles. The fourth-order valence-electron chi connectivity index (χ4n) is 1.58. The van der Waals surface area contributed by atoms with Gasteiger partial charge in [-0.15, -0.1) is 0 Å². The van der Waals surface area contributed by atoms with Crippen molar-refractivity contribution >= 4 is 11.6 Å². The van der Waals surface area contributed by atoms with Crippen LogP contribution in [0.2, 0.25) is 0 Å². The molecule has 2 rings (SSSR count). The molecule has 3 heteroatoms. The maximum absolute atomic E-state index is 5.99. The van der Waals surface area contributed by atoms with E-state index in [1.165, 1.54) is 0 Å². The SMILES string of the molecule is ClC1=CCCCC12OCCO2. The van der Waals surface area contributed by atoms with E-state index in [-0.39, 0.29) is 0 Å². The lowest BCUT2D eigenvalue weighted by Crippen LogP contribution is -2.32.